The van der Waals surface area contributed by atoms with Gasteiger partial charge < -0.3 is 16.2 Å². The monoisotopic (exact) mass is 320 g/mol. The minimum atomic E-state index is -0.955. The van der Waals surface area contributed by atoms with Crippen LogP contribution in [-0.2, 0) is 17.8 Å². The third-order valence-corrected chi connectivity index (χ3v) is 3.46. The number of rotatable bonds is 7. The SMILES string of the molecule is NC[C@H](Cc1cccc(COc2ccc(F)c(F)c2)c1)C(N)=O. The van der Waals surface area contributed by atoms with Gasteiger partial charge in [0, 0.05) is 12.6 Å². The lowest BCUT2D eigenvalue weighted by molar-refractivity contribution is -0.121. The van der Waals surface area contributed by atoms with Crippen molar-refractivity contribution in [2.75, 3.05) is 6.54 Å². The van der Waals surface area contributed by atoms with Gasteiger partial charge in [-0.25, -0.2) is 8.78 Å². The fourth-order valence-corrected chi connectivity index (χ4v) is 2.16. The van der Waals surface area contributed by atoms with Crippen LogP contribution < -0.4 is 16.2 Å². The molecule has 2 aromatic carbocycles. The van der Waals surface area contributed by atoms with Gasteiger partial charge in [-0.05, 0) is 29.7 Å². The summed E-state index contributed by atoms with van der Waals surface area (Å²) in [5.41, 5.74) is 12.6. The van der Waals surface area contributed by atoms with E-state index in [0.29, 0.717) is 6.42 Å². The van der Waals surface area contributed by atoms with Gasteiger partial charge in [-0.1, -0.05) is 24.3 Å². The fraction of sp³-hybridized carbons (Fsp3) is 0.235. The Morgan fingerprint density at radius 2 is 1.83 bits per heavy atom. The molecule has 0 aliphatic rings. The Morgan fingerprint density at radius 3 is 2.48 bits per heavy atom. The zero-order valence-corrected chi connectivity index (χ0v) is 12.5. The molecule has 0 fully saturated rings. The van der Waals surface area contributed by atoms with Crippen LogP contribution in [0, 0.1) is 17.6 Å². The fourth-order valence-electron chi connectivity index (χ4n) is 2.16. The van der Waals surface area contributed by atoms with Gasteiger partial charge in [0.05, 0.1) is 5.92 Å². The minimum absolute atomic E-state index is 0.185. The Hall–Kier alpha value is -2.47. The number of hydrogen-bond donors (Lipinski definition) is 2. The van der Waals surface area contributed by atoms with Gasteiger partial charge in [-0.15, -0.1) is 0 Å². The minimum Gasteiger partial charge on any atom is -0.489 e. The van der Waals surface area contributed by atoms with Crippen LogP contribution in [0.4, 0.5) is 8.78 Å². The summed E-state index contributed by atoms with van der Waals surface area (Å²) in [6, 6.07) is 10.8. The summed E-state index contributed by atoms with van der Waals surface area (Å²) in [7, 11) is 0. The van der Waals surface area contributed by atoms with Crippen molar-refractivity contribution in [1.82, 2.24) is 0 Å². The molecule has 0 aliphatic heterocycles. The van der Waals surface area contributed by atoms with E-state index in [4.69, 9.17) is 16.2 Å². The van der Waals surface area contributed by atoms with Crippen molar-refractivity contribution in [3.05, 3.63) is 65.2 Å². The average molecular weight is 320 g/mol. The highest BCUT2D eigenvalue weighted by molar-refractivity contribution is 5.77. The van der Waals surface area contributed by atoms with Crippen LogP contribution in [0.3, 0.4) is 0 Å². The van der Waals surface area contributed by atoms with Gasteiger partial charge in [0.1, 0.15) is 12.4 Å². The zero-order valence-electron chi connectivity index (χ0n) is 12.5. The smallest absolute Gasteiger partial charge is 0.222 e. The number of ether oxygens (including phenoxy) is 1. The number of primary amides is 1. The second kappa shape index (κ2) is 7.69. The number of amides is 1. The number of hydrogen-bond acceptors (Lipinski definition) is 3. The molecule has 4 nitrogen and oxygen atoms in total. The molecular weight excluding hydrogens is 302 g/mol. The zero-order chi connectivity index (χ0) is 16.8. The summed E-state index contributed by atoms with van der Waals surface area (Å²) in [5.74, 6) is -2.48. The molecule has 0 aliphatic carbocycles. The number of halogens is 2. The predicted molar refractivity (Wildman–Crippen MR) is 82.6 cm³/mol. The molecule has 0 saturated carbocycles. The van der Waals surface area contributed by atoms with Gasteiger partial charge >= 0.3 is 0 Å². The summed E-state index contributed by atoms with van der Waals surface area (Å²) >= 11 is 0. The second-order valence-corrected chi connectivity index (χ2v) is 5.22. The predicted octanol–water partition coefficient (Wildman–Crippen LogP) is 2.15. The van der Waals surface area contributed by atoms with Gasteiger partial charge in [-0.3, -0.25) is 4.79 Å². The molecule has 0 bridgehead atoms. The molecule has 0 unspecified atom stereocenters. The third-order valence-electron chi connectivity index (χ3n) is 3.46. The van der Waals surface area contributed by atoms with Crippen LogP contribution in [0.25, 0.3) is 0 Å². The van der Waals surface area contributed by atoms with E-state index in [-0.39, 0.29) is 18.9 Å². The Morgan fingerprint density at radius 1 is 1.09 bits per heavy atom. The summed E-state index contributed by atoms with van der Waals surface area (Å²) in [6.45, 7) is 0.383. The molecule has 122 valence electrons. The van der Waals surface area contributed by atoms with E-state index in [9.17, 15) is 13.6 Å². The molecule has 0 heterocycles. The molecule has 0 aromatic heterocycles. The topological polar surface area (TPSA) is 78.3 Å². The van der Waals surface area contributed by atoms with Crippen LogP contribution in [0.5, 0.6) is 5.75 Å². The largest absolute Gasteiger partial charge is 0.489 e. The first-order valence-electron chi connectivity index (χ1n) is 7.14. The van der Waals surface area contributed by atoms with Gasteiger partial charge in [0.25, 0.3) is 0 Å². The maximum atomic E-state index is 13.1. The third kappa shape index (κ3) is 4.75. The molecule has 1 atom stereocenters. The maximum absolute atomic E-state index is 13.1. The van der Waals surface area contributed by atoms with E-state index in [1.807, 2.05) is 24.3 Å². The number of benzene rings is 2. The highest BCUT2D eigenvalue weighted by atomic mass is 19.2. The van der Waals surface area contributed by atoms with Crippen LogP contribution in [-0.4, -0.2) is 12.5 Å². The van der Waals surface area contributed by atoms with E-state index in [2.05, 4.69) is 0 Å². The first-order valence-corrected chi connectivity index (χ1v) is 7.14. The Kier molecular flexibility index (Phi) is 5.65. The highest BCUT2D eigenvalue weighted by Gasteiger charge is 2.14. The number of carbonyl (C=O) groups is 1. The van der Waals surface area contributed by atoms with Crippen molar-refractivity contribution in [1.29, 1.82) is 0 Å². The summed E-state index contributed by atoms with van der Waals surface area (Å²) in [4.78, 5) is 11.2. The summed E-state index contributed by atoms with van der Waals surface area (Å²) in [5, 5.41) is 0. The van der Waals surface area contributed by atoms with Crippen LogP contribution >= 0.6 is 0 Å². The van der Waals surface area contributed by atoms with Crippen LogP contribution in [0.1, 0.15) is 11.1 Å². The van der Waals surface area contributed by atoms with Gasteiger partial charge in [0.2, 0.25) is 5.91 Å². The van der Waals surface area contributed by atoms with Crippen molar-refractivity contribution in [3.63, 3.8) is 0 Å². The first-order chi connectivity index (χ1) is 11.0. The first kappa shape index (κ1) is 16.9. The molecule has 4 N–H and O–H groups in total. The Labute approximate surface area is 133 Å². The lowest BCUT2D eigenvalue weighted by Gasteiger charge is -2.12. The molecular formula is C17H18F2N2O2. The lowest BCUT2D eigenvalue weighted by atomic mass is 9.97. The average Bonchev–Trinajstić information content (AvgIpc) is 2.54. The molecule has 0 spiro atoms. The van der Waals surface area contributed by atoms with Crippen molar-refractivity contribution in [2.24, 2.45) is 17.4 Å². The van der Waals surface area contributed by atoms with Crippen molar-refractivity contribution in [2.45, 2.75) is 13.0 Å². The number of carbonyl (C=O) groups excluding carboxylic acids is 1. The van der Waals surface area contributed by atoms with E-state index >= 15 is 0 Å². The highest BCUT2D eigenvalue weighted by Crippen LogP contribution is 2.18. The van der Waals surface area contributed by atoms with Gasteiger partial charge in [0.15, 0.2) is 11.6 Å². The van der Waals surface area contributed by atoms with E-state index < -0.39 is 23.5 Å². The molecule has 2 aromatic rings. The second-order valence-electron chi connectivity index (χ2n) is 5.22. The number of nitrogens with two attached hydrogens (primary N) is 2. The Bertz CT molecular complexity index is 692. The van der Waals surface area contributed by atoms with E-state index in [1.54, 1.807) is 0 Å². The lowest BCUT2D eigenvalue weighted by Crippen LogP contribution is -2.31. The summed E-state index contributed by atoms with van der Waals surface area (Å²) in [6.07, 6.45) is 0.449. The van der Waals surface area contributed by atoms with Gasteiger partial charge in [-0.2, -0.15) is 0 Å². The normalized spacial score (nSPS) is 12.0. The summed E-state index contributed by atoms with van der Waals surface area (Å²) < 4.78 is 31.4. The van der Waals surface area contributed by atoms with Crippen molar-refractivity contribution < 1.29 is 18.3 Å². The van der Waals surface area contributed by atoms with Crippen LogP contribution in [0.15, 0.2) is 42.5 Å². The molecule has 0 radical (unpaired) electrons. The molecule has 6 heteroatoms. The molecule has 1 amide bonds. The maximum Gasteiger partial charge on any atom is 0.222 e. The quantitative estimate of drug-likeness (QED) is 0.820. The van der Waals surface area contributed by atoms with Crippen LogP contribution in [0.2, 0.25) is 0 Å². The molecule has 0 saturated heterocycles. The molecule has 23 heavy (non-hydrogen) atoms. The van der Waals surface area contributed by atoms with E-state index in [0.717, 1.165) is 23.3 Å². The Balaban J connectivity index is 2.02. The van der Waals surface area contributed by atoms with Crippen molar-refractivity contribution >= 4 is 5.91 Å². The van der Waals surface area contributed by atoms with E-state index in [1.165, 1.54) is 6.07 Å². The standard InChI is InChI=1S/C17H18F2N2O2/c18-15-5-4-14(8-16(15)19)23-10-12-3-1-2-11(6-12)7-13(9-20)17(21)22/h1-6,8,13H,7,9-10,20H2,(H2,21,22)/t13-/m0/s1. The molecule has 2 rings (SSSR count). The van der Waals surface area contributed by atoms with Crippen molar-refractivity contribution in [3.8, 4) is 5.75 Å².